The van der Waals surface area contributed by atoms with Gasteiger partial charge in [-0.15, -0.1) is 0 Å². The van der Waals surface area contributed by atoms with Crippen molar-refractivity contribution in [2.24, 2.45) is 5.41 Å². The second-order valence-corrected chi connectivity index (χ2v) is 6.00. The number of hydrogen-bond donors (Lipinski definition) is 2. The van der Waals surface area contributed by atoms with E-state index < -0.39 is 0 Å². The van der Waals surface area contributed by atoms with Crippen molar-refractivity contribution in [3.8, 4) is 5.75 Å². The summed E-state index contributed by atoms with van der Waals surface area (Å²) >= 11 is 0. The smallest absolute Gasteiger partial charge is 0.142 e. The summed E-state index contributed by atoms with van der Waals surface area (Å²) in [5.41, 5.74) is 2.88. The first-order chi connectivity index (χ1) is 9.10. The molecule has 0 atom stereocenters. The van der Waals surface area contributed by atoms with Crippen molar-refractivity contribution in [1.82, 2.24) is 5.32 Å². The lowest BCUT2D eigenvalue weighted by Gasteiger charge is -2.19. The molecule has 1 fully saturated rings. The van der Waals surface area contributed by atoms with Crippen LogP contribution >= 0.6 is 0 Å². The maximum Gasteiger partial charge on any atom is 0.142 e. The maximum atomic E-state index is 5.50. The number of methoxy groups -OCH3 is 1. The van der Waals surface area contributed by atoms with Crippen LogP contribution in [-0.2, 0) is 0 Å². The molecular formula is C16H26N2O. The zero-order chi connectivity index (χ0) is 13.9. The highest BCUT2D eigenvalue weighted by molar-refractivity contribution is 5.58. The van der Waals surface area contributed by atoms with Gasteiger partial charge in [0.1, 0.15) is 5.75 Å². The Hall–Kier alpha value is -1.22. The van der Waals surface area contributed by atoms with E-state index in [1.54, 1.807) is 7.11 Å². The molecule has 0 unspecified atom stereocenters. The van der Waals surface area contributed by atoms with Crippen molar-refractivity contribution in [2.75, 3.05) is 32.6 Å². The maximum absolute atomic E-state index is 5.50. The van der Waals surface area contributed by atoms with Gasteiger partial charge in [-0.05, 0) is 43.5 Å². The number of benzene rings is 1. The van der Waals surface area contributed by atoms with Gasteiger partial charge in [0.25, 0.3) is 0 Å². The first-order valence-corrected chi connectivity index (χ1v) is 7.17. The Labute approximate surface area is 116 Å². The molecule has 0 radical (unpaired) electrons. The van der Waals surface area contributed by atoms with Crippen molar-refractivity contribution < 1.29 is 4.74 Å². The molecule has 0 spiro atoms. The van der Waals surface area contributed by atoms with E-state index in [4.69, 9.17) is 4.74 Å². The van der Waals surface area contributed by atoms with Crippen molar-refractivity contribution in [3.63, 3.8) is 0 Å². The quantitative estimate of drug-likeness (QED) is 0.791. The Balaban J connectivity index is 2.04. The molecule has 1 aromatic rings. The van der Waals surface area contributed by atoms with Crippen LogP contribution < -0.4 is 15.4 Å². The minimum absolute atomic E-state index is 0.455. The van der Waals surface area contributed by atoms with Crippen LogP contribution in [0.3, 0.4) is 0 Å². The summed E-state index contributed by atoms with van der Waals surface area (Å²) in [6, 6.07) is 6.47. The van der Waals surface area contributed by atoms with Crippen LogP contribution in [0.1, 0.15) is 38.2 Å². The molecule has 0 aromatic heterocycles. The van der Waals surface area contributed by atoms with Crippen LogP contribution in [0, 0.1) is 5.41 Å². The molecule has 0 bridgehead atoms. The lowest BCUT2D eigenvalue weighted by atomic mass is 10.0. The Morgan fingerprint density at radius 1 is 1.26 bits per heavy atom. The van der Waals surface area contributed by atoms with Gasteiger partial charge >= 0.3 is 0 Å². The molecule has 0 amide bonds. The summed E-state index contributed by atoms with van der Waals surface area (Å²) in [4.78, 5) is 0. The van der Waals surface area contributed by atoms with Crippen molar-refractivity contribution >= 4 is 5.69 Å². The molecule has 19 heavy (non-hydrogen) atoms. The lowest BCUT2D eigenvalue weighted by Crippen LogP contribution is -2.26. The topological polar surface area (TPSA) is 33.3 Å². The van der Waals surface area contributed by atoms with E-state index in [1.165, 1.54) is 18.4 Å². The van der Waals surface area contributed by atoms with Gasteiger partial charge in [0.2, 0.25) is 0 Å². The minimum atomic E-state index is 0.455. The van der Waals surface area contributed by atoms with Gasteiger partial charge in [-0.3, -0.25) is 0 Å². The van der Waals surface area contributed by atoms with Crippen LogP contribution in [0.5, 0.6) is 5.75 Å². The second kappa shape index (κ2) is 5.83. The van der Waals surface area contributed by atoms with Gasteiger partial charge in [-0.1, -0.05) is 19.9 Å². The van der Waals surface area contributed by atoms with Gasteiger partial charge < -0.3 is 15.4 Å². The van der Waals surface area contributed by atoms with E-state index in [0.717, 1.165) is 24.5 Å². The molecule has 0 heterocycles. The van der Waals surface area contributed by atoms with Crippen molar-refractivity contribution in [3.05, 3.63) is 23.8 Å². The molecule has 3 nitrogen and oxygen atoms in total. The monoisotopic (exact) mass is 262 g/mol. The lowest BCUT2D eigenvalue weighted by molar-refractivity contribution is 0.414. The predicted molar refractivity (Wildman–Crippen MR) is 81.2 cm³/mol. The fourth-order valence-corrected chi connectivity index (χ4v) is 2.46. The average Bonchev–Trinajstić information content (AvgIpc) is 3.16. The second-order valence-electron chi connectivity index (χ2n) is 6.00. The minimum Gasteiger partial charge on any atom is -0.495 e. The first-order valence-electron chi connectivity index (χ1n) is 7.17. The molecule has 3 heteroatoms. The van der Waals surface area contributed by atoms with Crippen LogP contribution in [0.4, 0.5) is 5.69 Å². The van der Waals surface area contributed by atoms with Crippen molar-refractivity contribution in [2.45, 2.75) is 32.6 Å². The third kappa shape index (κ3) is 3.41. The average molecular weight is 262 g/mol. The van der Waals surface area contributed by atoms with Gasteiger partial charge in [0, 0.05) is 18.5 Å². The Bertz CT molecular complexity index is 425. The molecule has 1 aliphatic rings. The van der Waals surface area contributed by atoms with Gasteiger partial charge in [-0.25, -0.2) is 0 Å². The standard InChI is InChI=1S/C16H26N2O/c1-12(2)13-5-6-14(15(9-13)19-4)18-11-16(7-8-16)10-17-3/h5-6,9,12,17-18H,7-8,10-11H2,1-4H3. The van der Waals surface area contributed by atoms with E-state index in [9.17, 15) is 0 Å². The number of anilines is 1. The molecule has 1 aliphatic carbocycles. The summed E-state index contributed by atoms with van der Waals surface area (Å²) in [7, 11) is 3.77. The summed E-state index contributed by atoms with van der Waals surface area (Å²) in [5, 5.41) is 6.84. The SMILES string of the molecule is CNCC1(CNc2ccc(C(C)C)cc2OC)CC1. The van der Waals surface area contributed by atoms with Crippen LogP contribution in [-0.4, -0.2) is 27.2 Å². The molecule has 2 rings (SSSR count). The molecule has 106 valence electrons. The van der Waals surface area contributed by atoms with Crippen LogP contribution in [0.2, 0.25) is 0 Å². The Morgan fingerprint density at radius 2 is 2.00 bits per heavy atom. The van der Waals surface area contributed by atoms with E-state index in [-0.39, 0.29) is 0 Å². The zero-order valence-electron chi connectivity index (χ0n) is 12.5. The van der Waals surface area contributed by atoms with Gasteiger partial charge in [0.15, 0.2) is 0 Å². The number of ether oxygens (including phenoxy) is 1. The third-order valence-electron chi connectivity index (χ3n) is 4.05. The molecule has 0 saturated heterocycles. The van der Waals surface area contributed by atoms with E-state index in [2.05, 4.69) is 42.7 Å². The largest absolute Gasteiger partial charge is 0.495 e. The van der Waals surface area contributed by atoms with Gasteiger partial charge in [-0.2, -0.15) is 0 Å². The van der Waals surface area contributed by atoms with Gasteiger partial charge in [0.05, 0.1) is 12.8 Å². The summed E-state index contributed by atoms with van der Waals surface area (Å²) in [5.74, 6) is 1.48. The highest BCUT2D eigenvalue weighted by Crippen LogP contribution is 2.45. The van der Waals surface area contributed by atoms with Crippen LogP contribution in [0.15, 0.2) is 18.2 Å². The number of nitrogens with one attached hydrogen (secondary N) is 2. The summed E-state index contributed by atoms with van der Waals surface area (Å²) in [6.07, 6.45) is 2.63. The Morgan fingerprint density at radius 3 is 2.53 bits per heavy atom. The van der Waals surface area contributed by atoms with Crippen molar-refractivity contribution in [1.29, 1.82) is 0 Å². The predicted octanol–water partition coefficient (Wildman–Crippen LogP) is 3.23. The highest BCUT2D eigenvalue weighted by Gasteiger charge is 2.41. The first kappa shape index (κ1) is 14.2. The van der Waals surface area contributed by atoms with E-state index in [0.29, 0.717) is 11.3 Å². The molecule has 1 saturated carbocycles. The fraction of sp³-hybridized carbons (Fsp3) is 0.625. The molecular weight excluding hydrogens is 236 g/mol. The normalized spacial score (nSPS) is 16.5. The third-order valence-corrected chi connectivity index (χ3v) is 4.05. The van der Waals surface area contributed by atoms with E-state index >= 15 is 0 Å². The number of hydrogen-bond acceptors (Lipinski definition) is 3. The fourth-order valence-electron chi connectivity index (χ4n) is 2.46. The summed E-state index contributed by atoms with van der Waals surface area (Å²) < 4.78 is 5.50. The molecule has 2 N–H and O–H groups in total. The Kier molecular flexibility index (Phi) is 4.35. The number of rotatable bonds is 7. The highest BCUT2D eigenvalue weighted by atomic mass is 16.5. The zero-order valence-corrected chi connectivity index (χ0v) is 12.5. The summed E-state index contributed by atoms with van der Waals surface area (Å²) in [6.45, 7) is 6.51. The van der Waals surface area contributed by atoms with Crippen LogP contribution in [0.25, 0.3) is 0 Å². The van der Waals surface area contributed by atoms with E-state index in [1.807, 2.05) is 7.05 Å². The molecule has 1 aromatic carbocycles. The molecule has 0 aliphatic heterocycles.